The summed E-state index contributed by atoms with van der Waals surface area (Å²) in [5.41, 5.74) is 2.86. The third kappa shape index (κ3) is 2.86. The topological polar surface area (TPSA) is 82.6 Å². The van der Waals surface area contributed by atoms with Crippen LogP contribution in [0, 0.1) is 11.2 Å². The number of rotatable bonds is 2. The van der Waals surface area contributed by atoms with Crippen LogP contribution in [-0.4, -0.2) is 46.0 Å². The van der Waals surface area contributed by atoms with Gasteiger partial charge in [-0.25, -0.2) is 12.8 Å². The Hall–Kier alpha value is -2.68. The van der Waals surface area contributed by atoms with Crippen LogP contribution in [0.5, 0.6) is 0 Å². The van der Waals surface area contributed by atoms with Crippen molar-refractivity contribution in [3.63, 3.8) is 0 Å². The summed E-state index contributed by atoms with van der Waals surface area (Å²) < 4.78 is 40.6. The van der Waals surface area contributed by atoms with E-state index in [2.05, 4.69) is 10.3 Å². The maximum absolute atomic E-state index is 14.9. The van der Waals surface area contributed by atoms with E-state index in [9.17, 15) is 17.6 Å². The predicted octanol–water partition coefficient (Wildman–Crippen LogP) is 2.27. The number of halogens is 1. The quantitative estimate of drug-likeness (QED) is 0.791. The van der Waals surface area contributed by atoms with Gasteiger partial charge in [-0.3, -0.25) is 14.1 Å². The second-order valence-electron chi connectivity index (χ2n) is 8.36. The van der Waals surface area contributed by atoms with Gasteiger partial charge < -0.3 is 10.2 Å². The number of hydrogen-bond donors (Lipinski definition) is 1. The zero-order chi connectivity index (χ0) is 21.1. The highest BCUT2D eigenvalue weighted by Crippen LogP contribution is 2.43. The van der Waals surface area contributed by atoms with Gasteiger partial charge in [0.05, 0.1) is 28.7 Å². The van der Waals surface area contributed by atoms with E-state index >= 15 is 0 Å². The molecule has 1 N–H and O–H groups in total. The molecule has 0 bridgehead atoms. The first kappa shape index (κ1) is 19.3. The van der Waals surface area contributed by atoms with E-state index in [4.69, 9.17) is 0 Å². The summed E-state index contributed by atoms with van der Waals surface area (Å²) in [6, 6.07) is 5.39. The largest absolute Gasteiger partial charge is 0.369 e. The maximum Gasteiger partial charge on any atom is 0.239 e. The maximum atomic E-state index is 14.9. The molecule has 0 saturated carbocycles. The number of fused-ring (bicyclic) bond motifs is 1. The predicted molar refractivity (Wildman–Crippen MR) is 112 cm³/mol. The van der Waals surface area contributed by atoms with Crippen LogP contribution in [0.2, 0.25) is 0 Å². The third-order valence-electron chi connectivity index (χ3n) is 6.77. The molecule has 1 aromatic carbocycles. The van der Waals surface area contributed by atoms with Crippen molar-refractivity contribution in [3.8, 4) is 11.1 Å². The number of aromatic nitrogens is 1. The molecule has 2 aromatic rings. The number of pyridine rings is 1. The monoisotopic (exact) mass is 430 g/mol. The number of piperidine rings is 1. The van der Waals surface area contributed by atoms with Gasteiger partial charge in [-0.05, 0) is 42.5 Å². The first-order chi connectivity index (χ1) is 14.3. The molecule has 1 amide bonds. The van der Waals surface area contributed by atoms with E-state index in [-0.39, 0.29) is 17.1 Å². The van der Waals surface area contributed by atoms with Crippen LogP contribution in [0.4, 0.5) is 15.8 Å². The first-order valence-corrected chi connectivity index (χ1v) is 11.7. The minimum atomic E-state index is -3.34. The van der Waals surface area contributed by atoms with Crippen LogP contribution in [0.25, 0.3) is 11.1 Å². The molecule has 3 aliphatic rings. The SMILES string of the molecule is CN1c2ccc(-c3cncc(F)c3N3CCC4(CCNC4=O)CC3)cc2CS1(=O)=O. The Labute approximate surface area is 174 Å². The molecule has 0 aliphatic carbocycles. The molecule has 2 fully saturated rings. The second-order valence-corrected chi connectivity index (χ2v) is 10.4. The van der Waals surface area contributed by atoms with Crippen molar-refractivity contribution >= 4 is 27.3 Å². The Kier molecular flexibility index (Phi) is 4.29. The van der Waals surface area contributed by atoms with E-state index in [1.807, 2.05) is 17.0 Å². The van der Waals surface area contributed by atoms with Gasteiger partial charge >= 0.3 is 0 Å². The Bertz CT molecular complexity index is 1140. The van der Waals surface area contributed by atoms with Crippen LogP contribution in [0.3, 0.4) is 0 Å². The number of sulfonamides is 1. The molecule has 1 aromatic heterocycles. The summed E-state index contributed by atoms with van der Waals surface area (Å²) >= 11 is 0. The van der Waals surface area contributed by atoms with E-state index in [0.717, 1.165) is 12.0 Å². The van der Waals surface area contributed by atoms with Crippen molar-refractivity contribution in [1.82, 2.24) is 10.3 Å². The molecule has 9 heteroatoms. The van der Waals surface area contributed by atoms with Crippen molar-refractivity contribution in [2.24, 2.45) is 5.41 Å². The molecular formula is C21H23FN4O3S. The van der Waals surface area contributed by atoms with Crippen LogP contribution >= 0.6 is 0 Å². The molecule has 2 saturated heterocycles. The molecule has 158 valence electrons. The van der Waals surface area contributed by atoms with Gasteiger partial charge in [-0.15, -0.1) is 0 Å². The third-order valence-corrected chi connectivity index (χ3v) is 8.47. The molecular weight excluding hydrogens is 407 g/mol. The smallest absolute Gasteiger partial charge is 0.239 e. The van der Waals surface area contributed by atoms with Crippen LogP contribution in [-0.2, 0) is 20.6 Å². The second kappa shape index (κ2) is 6.66. The van der Waals surface area contributed by atoms with E-state index in [1.54, 1.807) is 19.3 Å². The summed E-state index contributed by atoms with van der Waals surface area (Å²) in [6.07, 6.45) is 5.04. The summed E-state index contributed by atoms with van der Waals surface area (Å²) in [5.74, 6) is -0.363. The Morgan fingerprint density at radius 3 is 2.63 bits per heavy atom. The minimum Gasteiger partial charge on any atom is -0.369 e. The summed E-state index contributed by atoms with van der Waals surface area (Å²) in [6.45, 7) is 1.88. The van der Waals surface area contributed by atoms with Gasteiger partial charge in [0, 0.05) is 38.4 Å². The molecule has 0 atom stereocenters. The lowest BCUT2D eigenvalue weighted by Gasteiger charge is -2.39. The fourth-order valence-electron chi connectivity index (χ4n) is 4.93. The molecule has 0 radical (unpaired) electrons. The Morgan fingerprint density at radius 1 is 1.17 bits per heavy atom. The van der Waals surface area contributed by atoms with Gasteiger partial charge in [0.1, 0.15) is 0 Å². The minimum absolute atomic E-state index is 0.0634. The standard InChI is InChI=1S/C21H23FN4O3S/c1-25-18-3-2-14(10-15(18)13-30(25,28)29)16-11-23-12-17(22)19(16)26-8-5-21(6-9-26)4-7-24-20(21)27/h2-3,10-12H,4-9,13H2,1H3,(H,24,27). The number of carbonyl (C=O) groups is 1. The first-order valence-electron chi connectivity index (χ1n) is 10.1. The number of benzene rings is 1. The zero-order valence-corrected chi connectivity index (χ0v) is 17.5. The van der Waals surface area contributed by atoms with Crippen LogP contribution < -0.4 is 14.5 Å². The fourth-order valence-corrected chi connectivity index (χ4v) is 6.23. The Morgan fingerprint density at radius 2 is 1.93 bits per heavy atom. The van der Waals surface area contributed by atoms with E-state index in [0.29, 0.717) is 55.0 Å². The summed E-state index contributed by atoms with van der Waals surface area (Å²) in [4.78, 5) is 18.3. The molecule has 3 aliphatic heterocycles. The highest BCUT2D eigenvalue weighted by atomic mass is 32.2. The van der Waals surface area contributed by atoms with Gasteiger partial charge in [-0.2, -0.15) is 0 Å². The lowest BCUT2D eigenvalue weighted by molar-refractivity contribution is -0.128. The number of amides is 1. The molecule has 7 nitrogen and oxygen atoms in total. The number of nitrogens with one attached hydrogen (secondary N) is 1. The van der Waals surface area contributed by atoms with E-state index < -0.39 is 15.8 Å². The highest BCUT2D eigenvalue weighted by molar-refractivity contribution is 7.92. The Balaban J connectivity index is 1.49. The average Bonchev–Trinajstić information content (AvgIpc) is 3.18. The van der Waals surface area contributed by atoms with Crippen molar-refractivity contribution in [2.45, 2.75) is 25.0 Å². The van der Waals surface area contributed by atoms with Gasteiger partial charge in [0.25, 0.3) is 0 Å². The molecule has 30 heavy (non-hydrogen) atoms. The van der Waals surface area contributed by atoms with Gasteiger partial charge in [0.15, 0.2) is 5.82 Å². The van der Waals surface area contributed by atoms with Crippen molar-refractivity contribution in [2.75, 3.05) is 35.9 Å². The number of carbonyl (C=O) groups excluding carboxylic acids is 1. The number of hydrogen-bond acceptors (Lipinski definition) is 5. The van der Waals surface area contributed by atoms with E-state index in [1.165, 1.54) is 10.5 Å². The molecule has 4 heterocycles. The molecule has 5 rings (SSSR count). The summed E-state index contributed by atoms with van der Waals surface area (Å²) in [5, 5.41) is 2.92. The number of anilines is 2. The fraction of sp³-hybridized carbons (Fsp3) is 0.429. The van der Waals surface area contributed by atoms with Crippen molar-refractivity contribution in [3.05, 3.63) is 42.0 Å². The lowest BCUT2D eigenvalue weighted by Crippen LogP contribution is -2.44. The normalized spacial score (nSPS) is 21.7. The van der Waals surface area contributed by atoms with Crippen LogP contribution in [0.15, 0.2) is 30.6 Å². The van der Waals surface area contributed by atoms with Crippen molar-refractivity contribution < 1.29 is 17.6 Å². The van der Waals surface area contributed by atoms with Gasteiger partial charge in [-0.1, -0.05) is 6.07 Å². The zero-order valence-electron chi connectivity index (χ0n) is 16.7. The number of nitrogens with zero attached hydrogens (tertiary/aromatic N) is 3. The average molecular weight is 431 g/mol. The van der Waals surface area contributed by atoms with Gasteiger partial charge in [0.2, 0.25) is 15.9 Å². The van der Waals surface area contributed by atoms with Crippen LogP contribution in [0.1, 0.15) is 24.8 Å². The summed E-state index contributed by atoms with van der Waals surface area (Å²) in [7, 11) is -1.80. The van der Waals surface area contributed by atoms with Crippen molar-refractivity contribution in [1.29, 1.82) is 0 Å². The lowest BCUT2D eigenvalue weighted by atomic mass is 9.77. The highest BCUT2D eigenvalue weighted by Gasteiger charge is 2.44. The molecule has 0 unspecified atom stereocenters. The molecule has 1 spiro atoms.